The van der Waals surface area contributed by atoms with E-state index in [2.05, 4.69) is 26.6 Å². The number of carbonyl (C=O) groups is 2. The van der Waals surface area contributed by atoms with Crippen LogP contribution in [0.4, 0.5) is 10.5 Å². The zero-order valence-corrected chi connectivity index (χ0v) is 12.8. The van der Waals surface area contributed by atoms with Crippen molar-refractivity contribution < 1.29 is 19.8 Å². The summed E-state index contributed by atoms with van der Waals surface area (Å²) in [6.45, 7) is 3.90. The Morgan fingerprint density at radius 3 is 2.55 bits per heavy atom. The summed E-state index contributed by atoms with van der Waals surface area (Å²) < 4.78 is 0.774. The van der Waals surface area contributed by atoms with E-state index in [-0.39, 0.29) is 13.0 Å². The minimum atomic E-state index is -1.47. The first-order chi connectivity index (χ1) is 9.31. The van der Waals surface area contributed by atoms with E-state index in [0.29, 0.717) is 5.69 Å². The molecular weight excluding hydrogens is 328 g/mol. The fourth-order valence-corrected chi connectivity index (χ4v) is 2.45. The van der Waals surface area contributed by atoms with Gasteiger partial charge in [0.25, 0.3) is 0 Å². The van der Waals surface area contributed by atoms with Gasteiger partial charge in [-0.1, -0.05) is 6.07 Å². The van der Waals surface area contributed by atoms with Crippen LogP contribution in [-0.4, -0.2) is 34.9 Å². The van der Waals surface area contributed by atoms with Gasteiger partial charge in [0.2, 0.25) is 0 Å². The first-order valence-corrected chi connectivity index (χ1v) is 6.83. The molecule has 0 radical (unpaired) electrons. The lowest BCUT2D eigenvalue weighted by Crippen LogP contribution is -2.33. The molecule has 1 aromatic rings. The lowest BCUT2D eigenvalue weighted by atomic mass is 10.1. The molecule has 4 N–H and O–H groups in total. The summed E-state index contributed by atoms with van der Waals surface area (Å²) in [5.74, 6) is -1.30. The molecule has 0 aromatic heterocycles. The summed E-state index contributed by atoms with van der Waals surface area (Å²) in [7, 11) is 0. The number of hydrogen-bond acceptors (Lipinski definition) is 3. The van der Waals surface area contributed by atoms with Gasteiger partial charge in [0.15, 0.2) is 6.10 Å². The summed E-state index contributed by atoms with van der Waals surface area (Å²) in [5, 5.41) is 22.7. The number of aryl methyl sites for hydroxylation is 2. The number of aliphatic carboxylic acids is 1. The van der Waals surface area contributed by atoms with Crippen LogP contribution >= 0.6 is 15.9 Å². The van der Waals surface area contributed by atoms with Crippen molar-refractivity contribution in [3.05, 3.63) is 27.7 Å². The van der Waals surface area contributed by atoms with Gasteiger partial charge in [-0.05, 0) is 47.0 Å². The van der Waals surface area contributed by atoms with Crippen molar-refractivity contribution in [3.8, 4) is 0 Å². The number of benzene rings is 1. The number of anilines is 1. The van der Waals surface area contributed by atoms with Crippen molar-refractivity contribution in [2.75, 3.05) is 11.9 Å². The summed E-state index contributed by atoms with van der Waals surface area (Å²) in [6.07, 6.45) is -1.51. The Bertz CT molecular complexity index is 496. The van der Waals surface area contributed by atoms with Crippen LogP contribution in [0.2, 0.25) is 0 Å². The Hall–Kier alpha value is -1.60. The predicted molar refractivity (Wildman–Crippen MR) is 78.9 cm³/mol. The van der Waals surface area contributed by atoms with Gasteiger partial charge in [0.05, 0.1) is 5.69 Å². The fourth-order valence-electron chi connectivity index (χ4n) is 1.68. The second kappa shape index (κ2) is 7.25. The van der Waals surface area contributed by atoms with Gasteiger partial charge in [-0.2, -0.15) is 0 Å². The zero-order valence-electron chi connectivity index (χ0n) is 11.2. The van der Waals surface area contributed by atoms with Crippen LogP contribution in [0.5, 0.6) is 0 Å². The highest BCUT2D eigenvalue weighted by Crippen LogP contribution is 2.27. The largest absolute Gasteiger partial charge is 0.479 e. The second-order valence-electron chi connectivity index (χ2n) is 4.46. The van der Waals surface area contributed by atoms with Gasteiger partial charge in [0.1, 0.15) is 0 Å². The van der Waals surface area contributed by atoms with Crippen LogP contribution in [0.3, 0.4) is 0 Å². The standard InChI is InChI=1S/C13H17BrN2O4/c1-7-5-8(2)11(9(14)6-7)16-13(20)15-4-3-10(17)12(18)19/h5-6,10,17H,3-4H2,1-2H3,(H,18,19)(H2,15,16,20)/t10-/m0/s1. The quantitative estimate of drug-likeness (QED) is 0.656. The first-order valence-electron chi connectivity index (χ1n) is 6.03. The van der Waals surface area contributed by atoms with E-state index in [1.165, 1.54) is 0 Å². The third-order valence-corrected chi connectivity index (χ3v) is 3.28. The number of carboxylic acids is 1. The Labute approximate surface area is 125 Å². The Balaban J connectivity index is 2.53. The molecule has 1 aromatic carbocycles. The molecule has 0 heterocycles. The van der Waals surface area contributed by atoms with E-state index < -0.39 is 18.1 Å². The normalized spacial score (nSPS) is 11.8. The molecule has 1 atom stereocenters. The first kappa shape index (κ1) is 16.5. The Morgan fingerprint density at radius 2 is 2.00 bits per heavy atom. The van der Waals surface area contributed by atoms with Crippen LogP contribution in [0.25, 0.3) is 0 Å². The molecule has 20 heavy (non-hydrogen) atoms. The number of aliphatic hydroxyl groups excluding tert-OH is 1. The summed E-state index contributed by atoms with van der Waals surface area (Å²) in [5.41, 5.74) is 2.65. The molecule has 7 heteroatoms. The van der Waals surface area contributed by atoms with Crippen molar-refractivity contribution in [1.82, 2.24) is 5.32 Å². The minimum absolute atomic E-state index is 0.0448. The maximum absolute atomic E-state index is 11.7. The SMILES string of the molecule is Cc1cc(C)c(NC(=O)NCC[C@H](O)C(=O)O)c(Br)c1. The summed E-state index contributed by atoms with van der Waals surface area (Å²) in [6, 6.07) is 3.38. The molecular formula is C13H17BrN2O4. The number of nitrogens with one attached hydrogen (secondary N) is 2. The number of carboxylic acid groups (broad SMARTS) is 1. The highest BCUT2D eigenvalue weighted by Gasteiger charge is 2.13. The van der Waals surface area contributed by atoms with Crippen LogP contribution < -0.4 is 10.6 Å². The molecule has 0 fully saturated rings. The molecule has 0 spiro atoms. The number of halogens is 1. The molecule has 6 nitrogen and oxygen atoms in total. The van der Waals surface area contributed by atoms with Crippen molar-refractivity contribution >= 4 is 33.6 Å². The molecule has 0 saturated heterocycles. The molecule has 110 valence electrons. The van der Waals surface area contributed by atoms with E-state index in [0.717, 1.165) is 15.6 Å². The lowest BCUT2D eigenvalue weighted by Gasteiger charge is -2.13. The molecule has 2 amide bonds. The lowest BCUT2D eigenvalue weighted by molar-refractivity contribution is -0.146. The molecule has 0 saturated carbocycles. The Kier molecular flexibility index (Phi) is 5.97. The third kappa shape index (κ3) is 4.82. The molecule has 0 aliphatic carbocycles. The van der Waals surface area contributed by atoms with E-state index >= 15 is 0 Å². The summed E-state index contributed by atoms with van der Waals surface area (Å²) >= 11 is 3.38. The minimum Gasteiger partial charge on any atom is -0.479 e. The second-order valence-corrected chi connectivity index (χ2v) is 5.32. The maximum Gasteiger partial charge on any atom is 0.332 e. The smallest absolute Gasteiger partial charge is 0.332 e. The van der Waals surface area contributed by atoms with Crippen LogP contribution in [-0.2, 0) is 4.79 Å². The monoisotopic (exact) mass is 344 g/mol. The Morgan fingerprint density at radius 1 is 1.35 bits per heavy atom. The molecule has 0 bridgehead atoms. The van der Waals surface area contributed by atoms with Crippen molar-refractivity contribution in [3.63, 3.8) is 0 Å². The highest BCUT2D eigenvalue weighted by atomic mass is 79.9. The van der Waals surface area contributed by atoms with E-state index in [9.17, 15) is 9.59 Å². The predicted octanol–water partition coefficient (Wildman–Crippen LogP) is 2.02. The van der Waals surface area contributed by atoms with Crippen molar-refractivity contribution in [2.45, 2.75) is 26.4 Å². The fraction of sp³-hybridized carbons (Fsp3) is 0.385. The number of carbonyl (C=O) groups excluding carboxylic acids is 1. The third-order valence-electron chi connectivity index (χ3n) is 2.66. The maximum atomic E-state index is 11.7. The average Bonchev–Trinajstić information content (AvgIpc) is 2.33. The van der Waals surface area contributed by atoms with E-state index in [1.54, 1.807) is 0 Å². The molecule has 0 unspecified atom stereocenters. The highest BCUT2D eigenvalue weighted by molar-refractivity contribution is 9.10. The van der Waals surface area contributed by atoms with Crippen LogP contribution in [0.1, 0.15) is 17.5 Å². The topological polar surface area (TPSA) is 98.7 Å². The molecule has 0 aliphatic heterocycles. The van der Waals surface area contributed by atoms with E-state index in [4.69, 9.17) is 10.2 Å². The number of aliphatic hydroxyl groups is 1. The molecule has 0 aliphatic rings. The zero-order chi connectivity index (χ0) is 15.3. The number of amides is 2. The number of urea groups is 1. The van der Waals surface area contributed by atoms with Crippen molar-refractivity contribution in [1.29, 1.82) is 0 Å². The van der Waals surface area contributed by atoms with E-state index in [1.807, 2.05) is 26.0 Å². The van der Waals surface area contributed by atoms with Gasteiger partial charge in [-0.15, -0.1) is 0 Å². The van der Waals surface area contributed by atoms with Crippen molar-refractivity contribution in [2.24, 2.45) is 0 Å². The van der Waals surface area contributed by atoms with Gasteiger partial charge in [-0.25, -0.2) is 9.59 Å². The number of rotatable bonds is 5. The van der Waals surface area contributed by atoms with Crippen LogP contribution in [0.15, 0.2) is 16.6 Å². The summed E-state index contributed by atoms with van der Waals surface area (Å²) in [4.78, 5) is 22.1. The van der Waals surface area contributed by atoms with Gasteiger partial charge >= 0.3 is 12.0 Å². The van der Waals surface area contributed by atoms with Gasteiger partial charge in [0, 0.05) is 17.4 Å². The van der Waals surface area contributed by atoms with Gasteiger partial charge < -0.3 is 20.8 Å². The number of hydrogen-bond donors (Lipinski definition) is 4. The molecule has 1 rings (SSSR count). The average molecular weight is 345 g/mol. The van der Waals surface area contributed by atoms with Crippen LogP contribution in [0, 0.1) is 13.8 Å². The van der Waals surface area contributed by atoms with Gasteiger partial charge in [-0.3, -0.25) is 0 Å².